The highest BCUT2D eigenvalue weighted by Crippen LogP contribution is 2.59. The smallest absolute Gasteiger partial charge is 0.224 e. The molecule has 2 unspecified atom stereocenters. The van der Waals surface area contributed by atoms with Gasteiger partial charge in [-0.2, -0.15) is 0 Å². The van der Waals surface area contributed by atoms with Crippen molar-refractivity contribution in [2.75, 3.05) is 0 Å². The van der Waals surface area contributed by atoms with Crippen LogP contribution in [0, 0.1) is 17.3 Å². The number of hydrogen-bond donors (Lipinski definition) is 1. The first kappa shape index (κ1) is 16.4. The molecule has 0 bridgehead atoms. The van der Waals surface area contributed by atoms with Gasteiger partial charge in [0.25, 0.3) is 0 Å². The minimum atomic E-state index is 0.0465. The van der Waals surface area contributed by atoms with Crippen molar-refractivity contribution in [1.29, 1.82) is 0 Å². The van der Waals surface area contributed by atoms with Crippen LogP contribution in [0.3, 0.4) is 0 Å². The number of nitrogens with zero attached hydrogens (tertiary/aromatic N) is 3. The topological polar surface area (TPSA) is 59.8 Å². The molecule has 1 aliphatic carbocycles. The fraction of sp³-hybridized carbons (Fsp3) is 0.421. The van der Waals surface area contributed by atoms with Gasteiger partial charge in [-0.05, 0) is 36.8 Å². The van der Waals surface area contributed by atoms with Crippen LogP contribution in [0.4, 0.5) is 0 Å². The molecule has 2 aromatic rings. The predicted molar refractivity (Wildman–Crippen MR) is 93.4 cm³/mol. The number of aromatic nitrogens is 3. The normalized spacial score (nSPS) is 21.2. The van der Waals surface area contributed by atoms with Crippen LogP contribution in [0.5, 0.6) is 0 Å². The third-order valence-corrected chi connectivity index (χ3v) is 4.75. The quantitative estimate of drug-likeness (QED) is 0.860. The molecule has 126 valence electrons. The summed E-state index contributed by atoms with van der Waals surface area (Å²) in [7, 11) is 0. The lowest BCUT2D eigenvalue weighted by Crippen LogP contribution is -2.26. The molecular formula is C19H24N4O. The van der Waals surface area contributed by atoms with E-state index in [2.05, 4.69) is 49.1 Å². The van der Waals surface area contributed by atoms with Crippen molar-refractivity contribution in [3.05, 3.63) is 54.3 Å². The lowest BCUT2D eigenvalue weighted by atomic mass is 10.1. The average molecular weight is 324 g/mol. The SMILES string of the molecule is CC(C)=CC1C(C(=O)NCc2ccc(-n3ccnc3)nc2)C1(C)C. The number of rotatable bonds is 5. The molecule has 2 atom stereocenters. The second-order valence-electron chi connectivity index (χ2n) is 7.28. The molecular weight excluding hydrogens is 300 g/mol. The van der Waals surface area contributed by atoms with Crippen molar-refractivity contribution in [3.8, 4) is 5.82 Å². The summed E-state index contributed by atoms with van der Waals surface area (Å²) >= 11 is 0. The molecule has 1 aliphatic rings. The van der Waals surface area contributed by atoms with Crippen LogP contribution in [0.15, 0.2) is 48.7 Å². The molecule has 0 saturated heterocycles. The number of imidazole rings is 1. The van der Waals surface area contributed by atoms with Crippen molar-refractivity contribution >= 4 is 5.91 Å². The fourth-order valence-electron chi connectivity index (χ4n) is 3.22. The number of pyridine rings is 1. The number of carbonyl (C=O) groups excluding carboxylic acids is 1. The van der Waals surface area contributed by atoms with Crippen molar-refractivity contribution in [2.45, 2.75) is 34.2 Å². The van der Waals surface area contributed by atoms with E-state index in [1.54, 1.807) is 18.7 Å². The molecule has 1 amide bonds. The third kappa shape index (κ3) is 3.25. The Bertz CT molecular complexity index is 740. The number of carbonyl (C=O) groups is 1. The maximum Gasteiger partial charge on any atom is 0.224 e. The number of nitrogens with one attached hydrogen (secondary N) is 1. The van der Waals surface area contributed by atoms with E-state index in [0.29, 0.717) is 12.5 Å². The summed E-state index contributed by atoms with van der Waals surface area (Å²) in [5, 5.41) is 3.05. The van der Waals surface area contributed by atoms with Crippen molar-refractivity contribution in [1.82, 2.24) is 19.9 Å². The lowest BCUT2D eigenvalue weighted by Gasteiger charge is -2.07. The molecule has 1 fully saturated rings. The first-order valence-electron chi connectivity index (χ1n) is 8.25. The van der Waals surface area contributed by atoms with Gasteiger partial charge < -0.3 is 5.32 Å². The van der Waals surface area contributed by atoms with Gasteiger partial charge in [0.2, 0.25) is 5.91 Å². The number of amides is 1. The highest BCUT2D eigenvalue weighted by Gasteiger charge is 2.60. The van der Waals surface area contributed by atoms with Gasteiger partial charge in [0.05, 0.1) is 5.92 Å². The third-order valence-electron chi connectivity index (χ3n) is 4.75. The van der Waals surface area contributed by atoms with Gasteiger partial charge in [0, 0.05) is 25.1 Å². The van der Waals surface area contributed by atoms with Crippen LogP contribution in [0.2, 0.25) is 0 Å². The highest BCUT2D eigenvalue weighted by molar-refractivity contribution is 5.83. The van der Waals surface area contributed by atoms with Crippen LogP contribution >= 0.6 is 0 Å². The van der Waals surface area contributed by atoms with Gasteiger partial charge in [0.15, 0.2) is 0 Å². The Morgan fingerprint density at radius 3 is 2.75 bits per heavy atom. The minimum absolute atomic E-state index is 0.0465. The lowest BCUT2D eigenvalue weighted by molar-refractivity contribution is -0.123. The molecule has 3 rings (SSSR count). The van der Waals surface area contributed by atoms with Crippen molar-refractivity contribution < 1.29 is 4.79 Å². The van der Waals surface area contributed by atoms with E-state index >= 15 is 0 Å². The first-order valence-corrected chi connectivity index (χ1v) is 8.25. The van der Waals surface area contributed by atoms with Crippen molar-refractivity contribution in [2.24, 2.45) is 17.3 Å². The van der Waals surface area contributed by atoms with Crippen LogP contribution < -0.4 is 5.32 Å². The Morgan fingerprint density at radius 2 is 2.17 bits per heavy atom. The summed E-state index contributed by atoms with van der Waals surface area (Å²) in [4.78, 5) is 20.9. The standard InChI is InChI=1S/C19H24N4O/c1-13(2)9-15-17(19(15,3)4)18(24)22-11-14-5-6-16(21-10-14)23-8-7-20-12-23/h5-10,12,15,17H,11H2,1-4H3,(H,22,24). The molecule has 2 heterocycles. The van der Waals surface area contributed by atoms with Gasteiger partial charge >= 0.3 is 0 Å². The first-order chi connectivity index (χ1) is 11.4. The van der Waals surface area contributed by atoms with Gasteiger partial charge in [-0.25, -0.2) is 9.97 Å². The summed E-state index contributed by atoms with van der Waals surface area (Å²) in [6.45, 7) is 8.98. The zero-order valence-electron chi connectivity index (χ0n) is 14.7. The zero-order valence-corrected chi connectivity index (χ0v) is 14.7. The molecule has 24 heavy (non-hydrogen) atoms. The maximum atomic E-state index is 12.5. The molecule has 1 saturated carbocycles. The molecule has 0 aromatic carbocycles. The maximum absolute atomic E-state index is 12.5. The summed E-state index contributed by atoms with van der Waals surface area (Å²) in [6, 6.07) is 3.91. The molecule has 0 radical (unpaired) electrons. The van der Waals surface area contributed by atoms with Crippen LogP contribution in [-0.2, 0) is 11.3 Å². The molecule has 5 heteroatoms. The zero-order chi connectivity index (χ0) is 17.3. The molecule has 0 spiro atoms. The van der Waals surface area contributed by atoms with Gasteiger partial charge in [-0.1, -0.05) is 31.6 Å². The Morgan fingerprint density at radius 1 is 1.38 bits per heavy atom. The second-order valence-corrected chi connectivity index (χ2v) is 7.28. The summed E-state index contributed by atoms with van der Waals surface area (Å²) in [6.07, 6.45) is 9.29. The summed E-state index contributed by atoms with van der Waals surface area (Å²) in [5.41, 5.74) is 2.30. The Labute approximate surface area is 142 Å². The molecule has 1 N–H and O–H groups in total. The fourth-order valence-corrected chi connectivity index (χ4v) is 3.22. The van der Waals surface area contributed by atoms with Crippen LogP contribution in [0.1, 0.15) is 33.3 Å². The number of allylic oxidation sites excluding steroid dienone is 2. The molecule has 0 aliphatic heterocycles. The monoisotopic (exact) mass is 324 g/mol. The Hall–Kier alpha value is -2.43. The van der Waals surface area contributed by atoms with Gasteiger partial charge in [0.1, 0.15) is 12.1 Å². The second kappa shape index (κ2) is 6.23. The minimum Gasteiger partial charge on any atom is -0.352 e. The van der Waals surface area contributed by atoms with E-state index in [1.807, 2.05) is 22.9 Å². The highest BCUT2D eigenvalue weighted by atomic mass is 16.2. The van der Waals surface area contributed by atoms with E-state index in [4.69, 9.17) is 0 Å². The molecule has 2 aromatic heterocycles. The van der Waals surface area contributed by atoms with Gasteiger partial charge in [-0.15, -0.1) is 0 Å². The number of hydrogen-bond acceptors (Lipinski definition) is 3. The largest absolute Gasteiger partial charge is 0.352 e. The molecule has 5 nitrogen and oxygen atoms in total. The Balaban J connectivity index is 1.58. The van der Waals surface area contributed by atoms with Crippen LogP contribution in [-0.4, -0.2) is 20.4 Å². The summed E-state index contributed by atoms with van der Waals surface area (Å²) in [5.74, 6) is 1.34. The van der Waals surface area contributed by atoms with E-state index in [9.17, 15) is 4.79 Å². The average Bonchev–Trinajstić information content (AvgIpc) is 2.94. The predicted octanol–water partition coefficient (Wildman–Crippen LogP) is 3.12. The van der Waals surface area contributed by atoms with E-state index in [-0.39, 0.29) is 17.2 Å². The van der Waals surface area contributed by atoms with Crippen LogP contribution in [0.25, 0.3) is 5.82 Å². The van der Waals surface area contributed by atoms with E-state index < -0.39 is 0 Å². The van der Waals surface area contributed by atoms with Crippen molar-refractivity contribution in [3.63, 3.8) is 0 Å². The van der Waals surface area contributed by atoms with Gasteiger partial charge in [-0.3, -0.25) is 9.36 Å². The van der Waals surface area contributed by atoms with E-state index in [1.165, 1.54) is 5.57 Å². The van der Waals surface area contributed by atoms with E-state index in [0.717, 1.165) is 11.4 Å². The Kier molecular flexibility index (Phi) is 4.26. The summed E-state index contributed by atoms with van der Waals surface area (Å²) < 4.78 is 1.85.